The number of carbonyl (C=O) groups is 1. The van der Waals surface area contributed by atoms with E-state index in [4.69, 9.17) is 0 Å². The van der Waals surface area contributed by atoms with Crippen LogP contribution in [0.25, 0.3) is 0 Å². The van der Waals surface area contributed by atoms with Crippen LogP contribution in [0.15, 0.2) is 16.7 Å². The van der Waals surface area contributed by atoms with Gasteiger partial charge >= 0.3 is 0 Å². The summed E-state index contributed by atoms with van der Waals surface area (Å²) in [6.07, 6.45) is 2.76. The standard InChI is InChI=1S/C12H16BrN3O/c1-9-6-10(13)7-14-12(9)16-5-3-4-15(2)11(17)8-16/h6-7H,3-5,8H2,1-2H3. The number of aryl methyl sites for hydroxylation is 1. The number of halogens is 1. The lowest BCUT2D eigenvalue weighted by Crippen LogP contribution is -2.35. The number of amides is 1. The van der Waals surface area contributed by atoms with E-state index >= 15 is 0 Å². The summed E-state index contributed by atoms with van der Waals surface area (Å²) < 4.78 is 0.969. The lowest BCUT2D eigenvalue weighted by molar-refractivity contribution is -0.127. The Morgan fingerprint density at radius 3 is 2.88 bits per heavy atom. The Bertz CT molecular complexity index is 436. The molecule has 1 aliphatic heterocycles. The van der Waals surface area contributed by atoms with E-state index in [9.17, 15) is 4.79 Å². The second kappa shape index (κ2) is 5.04. The van der Waals surface area contributed by atoms with Crippen LogP contribution < -0.4 is 4.90 Å². The normalized spacial score (nSPS) is 17.2. The molecule has 0 N–H and O–H groups in total. The lowest BCUT2D eigenvalue weighted by Gasteiger charge is -2.22. The molecule has 1 fully saturated rings. The van der Waals surface area contributed by atoms with Crippen molar-refractivity contribution in [1.29, 1.82) is 0 Å². The fraction of sp³-hybridized carbons (Fsp3) is 0.500. The number of likely N-dealkylation sites (N-methyl/N-ethyl adjacent to an activating group) is 1. The highest BCUT2D eigenvalue weighted by Gasteiger charge is 2.20. The van der Waals surface area contributed by atoms with Crippen molar-refractivity contribution in [3.05, 3.63) is 22.3 Å². The summed E-state index contributed by atoms with van der Waals surface area (Å²) in [6, 6.07) is 2.03. The van der Waals surface area contributed by atoms with Crippen molar-refractivity contribution in [2.45, 2.75) is 13.3 Å². The third kappa shape index (κ3) is 2.77. The molecule has 0 radical (unpaired) electrons. The Labute approximate surface area is 110 Å². The summed E-state index contributed by atoms with van der Waals surface area (Å²) >= 11 is 3.40. The van der Waals surface area contributed by atoms with Crippen LogP contribution in [0.4, 0.5) is 5.82 Å². The van der Waals surface area contributed by atoms with Crippen LogP contribution in [0, 0.1) is 6.92 Å². The van der Waals surface area contributed by atoms with Gasteiger partial charge in [-0.3, -0.25) is 4.79 Å². The van der Waals surface area contributed by atoms with E-state index in [1.807, 2.05) is 20.0 Å². The number of anilines is 1. The summed E-state index contributed by atoms with van der Waals surface area (Å²) in [5, 5.41) is 0. The van der Waals surface area contributed by atoms with E-state index in [0.29, 0.717) is 6.54 Å². The van der Waals surface area contributed by atoms with Crippen molar-refractivity contribution in [3.63, 3.8) is 0 Å². The Morgan fingerprint density at radius 1 is 1.41 bits per heavy atom. The van der Waals surface area contributed by atoms with Crippen molar-refractivity contribution in [2.24, 2.45) is 0 Å². The number of carbonyl (C=O) groups excluding carboxylic acids is 1. The van der Waals surface area contributed by atoms with Crippen molar-refractivity contribution < 1.29 is 4.79 Å². The lowest BCUT2D eigenvalue weighted by atomic mass is 10.2. The van der Waals surface area contributed by atoms with Crippen molar-refractivity contribution in [2.75, 3.05) is 31.6 Å². The van der Waals surface area contributed by atoms with E-state index in [2.05, 4.69) is 25.8 Å². The first-order valence-corrected chi connectivity index (χ1v) is 6.48. The van der Waals surface area contributed by atoms with Crippen LogP contribution in [0.3, 0.4) is 0 Å². The molecule has 5 heteroatoms. The predicted octanol–water partition coefficient (Wildman–Crippen LogP) is 1.82. The first-order valence-electron chi connectivity index (χ1n) is 5.69. The van der Waals surface area contributed by atoms with Gasteiger partial charge in [0, 0.05) is 30.8 Å². The molecule has 0 bridgehead atoms. The minimum Gasteiger partial charge on any atom is -0.347 e. The molecule has 0 aliphatic carbocycles. The minimum atomic E-state index is 0.159. The maximum atomic E-state index is 11.8. The number of rotatable bonds is 1. The fourth-order valence-electron chi connectivity index (χ4n) is 2.03. The summed E-state index contributed by atoms with van der Waals surface area (Å²) in [5.74, 6) is 1.07. The van der Waals surface area contributed by atoms with Gasteiger partial charge in [-0.2, -0.15) is 0 Å². The number of hydrogen-bond acceptors (Lipinski definition) is 3. The van der Waals surface area contributed by atoms with E-state index in [1.54, 1.807) is 11.1 Å². The number of hydrogen-bond donors (Lipinski definition) is 0. The Hall–Kier alpha value is -1.10. The molecule has 1 aliphatic rings. The molecule has 17 heavy (non-hydrogen) atoms. The quantitative estimate of drug-likeness (QED) is 0.793. The van der Waals surface area contributed by atoms with Gasteiger partial charge in [-0.25, -0.2) is 4.98 Å². The molecular weight excluding hydrogens is 282 g/mol. The summed E-state index contributed by atoms with van der Waals surface area (Å²) in [4.78, 5) is 20.1. The van der Waals surface area contributed by atoms with Gasteiger partial charge in [0.05, 0.1) is 6.54 Å². The highest BCUT2D eigenvalue weighted by atomic mass is 79.9. The molecule has 0 atom stereocenters. The molecule has 2 rings (SSSR count). The Kier molecular flexibility index (Phi) is 3.66. The van der Waals surface area contributed by atoms with Crippen LogP contribution in [0.5, 0.6) is 0 Å². The highest BCUT2D eigenvalue weighted by Crippen LogP contribution is 2.21. The largest absolute Gasteiger partial charge is 0.347 e. The maximum Gasteiger partial charge on any atom is 0.241 e. The Balaban J connectivity index is 2.24. The average molecular weight is 298 g/mol. The van der Waals surface area contributed by atoms with E-state index in [1.165, 1.54) is 0 Å². The van der Waals surface area contributed by atoms with Gasteiger partial charge in [-0.1, -0.05) is 0 Å². The van der Waals surface area contributed by atoms with Gasteiger partial charge in [-0.15, -0.1) is 0 Å². The molecular formula is C12H16BrN3O. The van der Waals surface area contributed by atoms with Gasteiger partial charge in [0.25, 0.3) is 0 Å². The molecule has 1 saturated heterocycles. The van der Waals surface area contributed by atoms with Crippen molar-refractivity contribution in [3.8, 4) is 0 Å². The molecule has 92 valence electrons. The zero-order valence-corrected chi connectivity index (χ0v) is 11.7. The van der Waals surface area contributed by atoms with E-state index in [0.717, 1.165) is 35.4 Å². The molecule has 0 spiro atoms. The van der Waals surface area contributed by atoms with E-state index in [-0.39, 0.29) is 5.91 Å². The molecule has 4 nitrogen and oxygen atoms in total. The molecule has 2 heterocycles. The fourth-order valence-corrected chi connectivity index (χ4v) is 2.48. The Morgan fingerprint density at radius 2 is 2.18 bits per heavy atom. The predicted molar refractivity (Wildman–Crippen MR) is 71.1 cm³/mol. The minimum absolute atomic E-state index is 0.159. The van der Waals surface area contributed by atoms with Crippen LogP contribution in [0.1, 0.15) is 12.0 Å². The average Bonchev–Trinajstić information content (AvgIpc) is 2.42. The molecule has 0 aromatic carbocycles. The summed E-state index contributed by atoms with van der Waals surface area (Å²) in [5.41, 5.74) is 1.09. The second-order valence-corrected chi connectivity index (χ2v) is 5.30. The number of aromatic nitrogens is 1. The molecule has 1 aromatic heterocycles. The smallest absolute Gasteiger partial charge is 0.241 e. The zero-order chi connectivity index (χ0) is 12.4. The van der Waals surface area contributed by atoms with Gasteiger partial charge in [-0.05, 0) is 40.9 Å². The molecule has 0 saturated carbocycles. The van der Waals surface area contributed by atoms with Crippen LogP contribution in [0.2, 0.25) is 0 Å². The van der Waals surface area contributed by atoms with Gasteiger partial charge in [0.2, 0.25) is 5.91 Å². The van der Waals surface area contributed by atoms with Gasteiger partial charge in [0.1, 0.15) is 5.82 Å². The summed E-state index contributed by atoms with van der Waals surface area (Å²) in [7, 11) is 1.85. The monoisotopic (exact) mass is 297 g/mol. The first-order chi connectivity index (χ1) is 8.08. The third-order valence-electron chi connectivity index (χ3n) is 2.99. The topological polar surface area (TPSA) is 36.4 Å². The highest BCUT2D eigenvalue weighted by molar-refractivity contribution is 9.10. The van der Waals surface area contributed by atoms with Gasteiger partial charge in [0.15, 0.2) is 0 Å². The molecule has 1 aromatic rings. The zero-order valence-electron chi connectivity index (χ0n) is 10.1. The second-order valence-electron chi connectivity index (χ2n) is 4.38. The van der Waals surface area contributed by atoms with Crippen molar-refractivity contribution >= 4 is 27.7 Å². The van der Waals surface area contributed by atoms with Gasteiger partial charge < -0.3 is 9.80 Å². The summed E-state index contributed by atoms with van der Waals surface area (Å²) in [6.45, 7) is 4.15. The maximum absolute atomic E-state index is 11.8. The molecule has 0 unspecified atom stereocenters. The molecule has 1 amide bonds. The van der Waals surface area contributed by atoms with Crippen LogP contribution in [-0.4, -0.2) is 42.5 Å². The number of nitrogens with zero attached hydrogens (tertiary/aromatic N) is 3. The van der Waals surface area contributed by atoms with Crippen LogP contribution in [-0.2, 0) is 4.79 Å². The third-order valence-corrected chi connectivity index (χ3v) is 3.42. The first kappa shape index (κ1) is 12.4. The van der Waals surface area contributed by atoms with E-state index < -0.39 is 0 Å². The van der Waals surface area contributed by atoms with Crippen molar-refractivity contribution in [1.82, 2.24) is 9.88 Å². The SMILES string of the molecule is Cc1cc(Br)cnc1N1CCCN(C)C(=O)C1. The van der Waals surface area contributed by atoms with Crippen LogP contribution >= 0.6 is 15.9 Å². The number of pyridine rings is 1.